The summed E-state index contributed by atoms with van der Waals surface area (Å²) in [7, 11) is 1.71. The van der Waals surface area contributed by atoms with Crippen molar-refractivity contribution in [2.24, 2.45) is 4.99 Å². The van der Waals surface area contributed by atoms with Crippen molar-refractivity contribution in [2.75, 3.05) is 13.6 Å². The number of amides is 1. The molecule has 1 amide bonds. The third-order valence-electron chi connectivity index (χ3n) is 3.77. The van der Waals surface area contributed by atoms with Crippen LogP contribution < -0.4 is 16.0 Å². The van der Waals surface area contributed by atoms with E-state index in [1.54, 1.807) is 18.4 Å². The summed E-state index contributed by atoms with van der Waals surface area (Å²) in [6.45, 7) is 10.4. The molecule has 0 aliphatic heterocycles. The van der Waals surface area contributed by atoms with Crippen LogP contribution in [-0.4, -0.2) is 41.8 Å². The Labute approximate surface area is 200 Å². The van der Waals surface area contributed by atoms with Gasteiger partial charge in [-0.1, -0.05) is 30.3 Å². The van der Waals surface area contributed by atoms with Crippen LogP contribution in [0.2, 0.25) is 0 Å². The highest BCUT2D eigenvalue weighted by Crippen LogP contribution is 2.23. The summed E-state index contributed by atoms with van der Waals surface area (Å²) >= 11 is 1.62. The standard InChI is InChI=1S/C21H31N5O2S.HI/c1-20(2,3)28-19(27)26-21(4,5)14-24-18(22-6)23-12-16-13-29-17(25-16)15-10-8-7-9-11-15;/h7-11,13H,12,14H2,1-6H3,(H,26,27)(H2,22,23,24);1H. The molecule has 0 unspecified atom stereocenters. The number of benzene rings is 1. The lowest BCUT2D eigenvalue weighted by Crippen LogP contribution is -2.54. The minimum atomic E-state index is -0.530. The molecular weight excluding hydrogens is 513 g/mol. The zero-order valence-corrected chi connectivity index (χ0v) is 21.6. The molecule has 2 aromatic rings. The maximum atomic E-state index is 12.0. The number of rotatable bonds is 6. The molecule has 9 heteroatoms. The number of hydrogen-bond acceptors (Lipinski definition) is 5. The van der Waals surface area contributed by atoms with E-state index >= 15 is 0 Å². The first-order valence-corrected chi connectivity index (χ1v) is 10.4. The van der Waals surface area contributed by atoms with Crippen molar-refractivity contribution in [1.82, 2.24) is 20.9 Å². The van der Waals surface area contributed by atoms with Crippen LogP contribution in [0.4, 0.5) is 4.79 Å². The monoisotopic (exact) mass is 545 g/mol. The highest BCUT2D eigenvalue weighted by Gasteiger charge is 2.24. The van der Waals surface area contributed by atoms with E-state index in [1.807, 2.05) is 58.2 Å². The quantitative estimate of drug-likeness (QED) is 0.285. The molecule has 0 bridgehead atoms. The molecule has 0 aliphatic carbocycles. The fraction of sp³-hybridized carbons (Fsp3) is 0.476. The lowest BCUT2D eigenvalue weighted by molar-refractivity contribution is 0.0474. The Morgan fingerprint density at radius 2 is 1.80 bits per heavy atom. The molecule has 0 radical (unpaired) electrons. The van der Waals surface area contributed by atoms with Gasteiger partial charge in [-0.2, -0.15) is 0 Å². The Hall–Kier alpha value is -1.88. The number of carbonyl (C=O) groups excluding carboxylic acids is 1. The van der Waals surface area contributed by atoms with Crippen molar-refractivity contribution >= 4 is 47.4 Å². The van der Waals surface area contributed by atoms with Gasteiger partial charge in [0.15, 0.2) is 5.96 Å². The Balaban J connectivity index is 0.00000450. The van der Waals surface area contributed by atoms with E-state index in [4.69, 9.17) is 4.74 Å². The van der Waals surface area contributed by atoms with Crippen LogP contribution in [0.1, 0.15) is 40.3 Å². The largest absolute Gasteiger partial charge is 0.444 e. The molecule has 0 atom stereocenters. The Bertz CT molecular complexity index is 831. The zero-order valence-electron chi connectivity index (χ0n) is 18.4. The third-order valence-corrected chi connectivity index (χ3v) is 4.71. The summed E-state index contributed by atoms with van der Waals surface area (Å²) in [5, 5.41) is 12.4. The van der Waals surface area contributed by atoms with Crippen LogP contribution in [0.3, 0.4) is 0 Å². The molecule has 1 aromatic heterocycles. The predicted molar refractivity (Wildman–Crippen MR) is 135 cm³/mol. The van der Waals surface area contributed by atoms with E-state index in [-0.39, 0.29) is 24.0 Å². The van der Waals surface area contributed by atoms with E-state index in [2.05, 4.69) is 38.1 Å². The van der Waals surface area contributed by atoms with Gasteiger partial charge in [0.2, 0.25) is 0 Å². The summed E-state index contributed by atoms with van der Waals surface area (Å²) in [6.07, 6.45) is -0.442. The molecule has 1 heterocycles. The number of hydrogen-bond donors (Lipinski definition) is 3. The molecule has 0 fully saturated rings. The Kier molecular flexibility index (Phi) is 10.0. The van der Waals surface area contributed by atoms with Crippen LogP contribution >= 0.6 is 35.3 Å². The van der Waals surface area contributed by atoms with Crippen LogP contribution in [0.25, 0.3) is 10.6 Å². The SMILES string of the molecule is CN=C(NCc1csc(-c2ccccc2)n1)NCC(C)(C)NC(=O)OC(C)(C)C.I. The van der Waals surface area contributed by atoms with Gasteiger partial charge in [0, 0.05) is 24.5 Å². The van der Waals surface area contributed by atoms with Gasteiger partial charge >= 0.3 is 6.09 Å². The maximum Gasteiger partial charge on any atom is 0.408 e. The second-order valence-electron chi connectivity index (χ2n) is 8.30. The van der Waals surface area contributed by atoms with Crippen molar-refractivity contribution in [2.45, 2.75) is 52.3 Å². The number of nitrogens with zero attached hydrogens (tertiary/aromatic N) is 2. The van der Waals surface area contributed by atoms with Gasteiger partial charge in [-0.25, -0.2) is 9.78 Å². The first kappa shape index (κ1) is 26.2. The van der Waals surface area contributed by atoms with Crippen LogP contribution in [-0.2, 0) is 11.3 Å². The molecule has 166 valence electrons. The number of aliphatic imine (C=N–C) groups is 1. The number of ether oxygens (including phenoxy) is 1. The average molecular weight is 545 g/mol. The zero-order chi connectivity index (χ0) is 21.5. The van der Waals surface area contributed by atoms with Crippen molar-refractivity contribution in [3.8, 4) is 10.6 Å². The molecule has 0 saturated heterocycles. The summed E-state index contributed by atoms with van der Waals surface area (Å²) in [4.78, 5) is 20.9. The first-order chi connectivity index (χ1) is 13.6. The van der Waals surface area contributed by atoms with Gasteiger partial charge < -0.3 is 20.7 Å². The molecule has 0 spiro atoms. The maximum absolute atomic E-state index is 12.0. The number of alkyl carbamates (subject to hydrolysis) is 1. The molecule has 1 aromatic carbocycles. The average Bonchev–Trinajstić information content (AvgIpc) is 3.09. The van der Waals surface area contributed by atoms with Crippen LogP contribution in [0.5, 0.6) is 0 Å². The number of guanidine groups is 1. The fourth-order valence-corrected chi connectivity index (χ4v) is 3.25. The van der Waals surface area contributed by atoms with Crippen molar-refractivity contribution < 1.29 is 9.53 Å². The smallest absolute Gasteiger partial charge is 0.408 e. The third kappa shape index (κ3) is 9.29. The normalized spacial score (nSPS) is 12.0. The highest BCUT2D eigenvalue weighted by molar-refractivity contribution is 14.0. The van der Waals surface area contributed by atoms with E-state index in [0.29, 0.717) is 19.0 Å². The number of nitrogens with one attached hydrogen (secondary N) is 3. The Morgan fingerprint density at radius 1 is 1.13 bits per heavy atom. The lowest BCUT2D eigenvalue weighted by atomic mass is 10.1. The van der Waals surface area contributed by atoms with E-state index in [0.717, 1.165) is 16.3 Å². The molecule has 2 rings (SSSR count). The number of aromatic nitrogens is 1. The second-order valence-corrected chi connectivity index (χ2v) is 9.16. The molecule has 0 aliphatic rings. The van der Waals surface area contributed by atoms with E-state index in [1.165, 1.54) is 0 Å². The van der Waals surface area contributed by atoms with Gasteiger partial charge in [0.05, 0.1) is 17.8 Å². The van der Waals surface area contributed by atoms with Gasteiger partial charge in [-0.15, -0.1) is 35.3 Å². The van der Waals surface area contributed by atoms with Gasteiger partial charge in [-0.3, -0.25) is 4.99 Å². The molecule has 7 nitrogen and oxygen atoms in total. The van der Waals surface area contributed by atoms with Gasteiger partial charge in [0.1, 0.15) is 10.6 Å². The topological polar surface area (TPSA) is 87.6 Å². The molecule has 0 saturated carbocycles. The lowest BCUT2D eigenvalue weighted by Gasteiger charge is -2.29. The minimum absolute atomic E-state index is 0. The van der Waals surface area contributed by atoms with Gasteiger partial charge in [0.25, 0.3) is 0 Å². The number of thiazole rings is 1. The summed E-state index contributed by atoms with van der Waals surface area (Å²) in [5.74, 6) is 0.637. The van der Waals surface area contributed by atoms with Crippen molar-refractivity contribution in [3.05, 3.63) is 41.4 Å². The molecular formula is C21H32IN5O2S. The van der Waals surface area contributed by atoms with Crippen LogP contribution in [0.15, 0.2) is 40.7 Å². The van der Waals surface area contributed by atoms with Crippen molar-refractivity contribution in [3.63, 3.8) is 0 Å². The van der Waals surface area contributed by atoms with Crippen LogP contribution in [0, 0.1) is 0 Å². The Morgan fingerprint density at radius 3 is 2.40 bits per heavy atom. The van der Waals surface area contributed by atoms with E-state index in [9.17, 15) is 4.79 Å². The summed E-state index contributed by atoms with van der Waals surface area (Å²) in [5.41, 5.74) is 1.02. The molecule has 30 heavy (non-hydrogen) atoms. The number of halogens is 1. The highest BCUT2D eigenvalue weighted by atomic mass is 127. The fourth-order valence-electron chi connectivity index (χ4n) is 2.43. The van der Waals surface area contributed by atoms with Crippen molar-refractivity contribution in [1.29, 1.82) is 0 Å². The minimum Gasteiger partial charge on any atom is -0.444 e. The van der Waals surface area contributed by atoms with E-state index < -0.39 is 17.2 Å². The molecule has 3 N–H and O–H groups in total. The predicted octanol–water partition coefficient (Wildman–Crippen LogP) is 4.40. The number of carbonyl (C=O) groups is 1. The van der Waals surface area contributed by atoms with Gasteiger partial charge in [-0.05, 0) is 34.6 Å². The first-order valence-electron chi connectivity index (χ1n) is 9.53. The summed E-state index contributed by atoms with van der Waals surface area (Å²) < 4.78 is 5.32. The summed E-state index contributed by atoms with van der Waals surface area (Å²) in [6, 6.07) is 10.1. The second kappa shape index (κ2) is 11.5.